The van der Waals surface area contributed by atoms with Crippen LogP contribution in [-0.2, 0) is 10.0 Å². The van der Waals surface area contributed by atoms with Gasteiger partial charge in [0, 0.05) is 10.5 Å². The summed E-state index contributed by atoms with van der Waals surface area (Å²) >= 11 is 1.57. The molecular formula is C11H8F6INO3S. The van der Waals surface area contributed by atoms with Gasteiger partial charge in [-0.2, -0.15) is 34.8 Å². The van der Waals surface area contributed by atoms with Crippen molar-refractivity contribution in [2.45, 2.75) is 24.0 Å². The highest BCUT2D eigenvalue weighted by atomic mass is 127. The van der Waals surface area contributed by atoms with Gasteiger partial charge in [-0.1, -0.05) is 12.1 Å². The lowest BCUT2D eigenvalue weighted by Crippen LogP contribution is -2.60. The van der Waals surface area contributed by atoms with E-state index >= 15 is 0 Å². The zero-order chi connectivity index (χ0) is 18.3. The molecule has 0 aliphatic rings. The summed E-state index contributed by atoms with van der Waals surface area (Å²) in [5.74, 6) is -13.2. The number of carbonyl (C=O) groups excluding carboxylic acids is 1. The van der Waals surface area contributed by atoms with Crippen LogP contribution in [0.2, 0.25) is 0 Å². The Morgan fingerprint density at radius 2 is 1.57 bits per heavy atom. The van der Waals surface area contributed by atoms with Crippen LogP contribution < -0.4 is 4.72 Å². The average Bonchev–Trinajstić information content (AvgIpc) is 2.36. The SMILES string of the molecule is CC(F)(F)C(F)(F)C(F)(F)S(=O)(=O)NC(=O)c1ccccc1I. The second-order valence-corrected chi connectivity index (χ2v) is 7.28. The number of alkyl halides is 6. The van der Waals surface area contributed by atoms with Crippen LogP contribution in [0.3, 0.4) is 0 Å². The lowest BCUT2D eigenvalue weighted by Gasteiger charge is -2.30. The van der Waals surface area contributed by atoms with E-state index in [-0.39, 0.29) is 3.57 Å². The van der Waals surface area contributed by atoms with E-state index in [1.165, 1.54) is 18.2 Å². The molecule has 1 rings (SSSR count). The zero-order valence-electron chi connectivity index (χ0n) is 11.1. The Balaban J connectivity index is 3.22. The first kappa shape index (κ1) is 20.0. The third-order valence-corrected chi connectivity index (χ3v) is 4.93. The van der Waals surface area contributed by atoms with Crippen molar-refractivity contribution < 1.29 is 39.6 Å². The monoisotopic (exact) mass is 475 g/mol. The standard InChI is InChI=1S/C11H8F6INO3S/c1-9(12,13)10(14,15)11(16,17)23(21,22)19-8(20)6-4-2-3-5-7(6)18/h2-5H,1H3,(H,19,20). The molecule has 0 heterocycles. The van der Waals surface area contributed by atoms with Crippen LogP contribution in [0.1, 0.15) is 17.3 Å². The maximum absolute atomic E-state index is 13.4. The molecule has 0 spiro atoms. The number of amides is 1. The van der Waals surface area contributed by atoms with E-state index in [0.29, 0.717) is 4.72 Å². The maximum Gasteiger partial charge on any atom is 0.431 e. The van der Waals surface area contributed by atoms with Crippen molar-refractivity contribution in [3.8, 4) is 0 Å². The summed E-state index contributed by atoms with van der Waals surface area (Å²) < 4.78 is 102. The molecule has 1 amide bonds. The van der Waals surface area contributed by atoms with Crippen molar-refractivity contribution in [3.05, 3.63) is 33.4 Å². The van der Waals surface area contributed by atoms with Crippen molar-refractivity contribution in [1.82, 2.24) is 4.72 Å². The summed E-state index contributed by atoms with van der Waals surface area (Å²) in [5.41, 5.74) is -0.404. The van der Waals surface area contributed by atoms with Crippen molar-refractivity contribution in [2.75, 3.05) is 0 Å². The molecule has 0 unspecified atom stereocenters. The van der Waals surface area contributed by atoms with Crippen molar-refractivity contribution in [1.29, 1.82) is 0 Å². The fraction of sp³-hybridized carbons (Fsp3) is 0.364. The van der Waals surface area contributed by atoms with Gasteiger partial charge in [0.1, 0.15) is 0 Å². The van der Waals surface area contributed by atoms with Crippen molar-refractivity contribution in [3.63, 3.8) is 0 Å². The van der Waals surface area contributed by atoms with Gasteiger partial charge >= 0.3 is 27.1 Å². The lowest BCUT2D eigenvalue weighted by atomic mass is 10.2. The summed E-state index contributed by atoms with van der Waals surface area (Å²) in [6.07, 6.45) is 0. The topological polar surface area (TPSA) is 63.2 Å². The summed E-state index contributed by atoms with van der Waals surface area (Å²) in [5, 5.41) is -6.21. The van der Waals surface area contributed by atoms with Crippen molar-refractivity contribution >= 4 is 38.5 Å². The Morgan fingerprint density at radius 1 is 1.09 bits per heavy atom. The molecular weight excluding hydrogens is 467 g/mol. The lowest BCUT2D eigenvalue weighted by molar-refractivity contribution is -0.271. The minimum atomic E-state index is -6.43. The van der Waals surface area contributed by atoms with E-state index in [1.807, 2.05) is 0 Å². The Labute approximate surface area is 140 Å². The third-order valence-electron chi connectivity index (χ3n) is 2.60. The fourth-order valence-corrected chi connectivity index (χ4v) is 2.94. The van der Waals surface area contributed by atoms with Crippen molar-refractivity contribution in [2.24, 2.45) is 0 Å². The maximum atomic E-state index is 13.4. The van der Waals surface area contributed by atoms with Crippen LogP contribution in [0, 0.1) is 3.57 Å². The summed E-state index contributed by atoms with van der Waals surface area (Å²) in [7, 11) is -6.43. The first-order valence-corrected chi connectivity index (χ1v) is 8.16. The van der Waals surface area contributed by atoms with Crippen LogP contribution in [-0.4, -0.2) is 31.4 Å². The smallest absolute Gasteiger partial charge is 0.268 e. The van der Waals surface area contributed by atoms with Gasteiger partial charge in [0.25, 0.3) is 5.91 Å². The van der Waals surface area contributed by atoms with Crippen LogP contribution in [0.15, 0.2) is 24.3 Å². The number of benzene rings is 1. The Hall–Kier alpha value is -1.05. The molecule has 23 heavy (non-hydrogen) atoms. The highest BCUT2D eigenvalue weighted by molar-refractivity contribution is 14.1. The molecule has 4 nitrogen and oxygen atoms in total. The normalized spacial score (nSPS) is 13.7. The second-order valence-electron chi connectivity index (χ2n) is 4.39. The predicted octanol–water partition coefficient (Wildman–Crippen LogP) is 3.23. The van der Waals surface area contributed by atoms with Gasteiger partial charge in [-0.05, 0) is 34.7 Å². The van der Waals surface area contributed by atoms with E-state index in [1.54, 1.807) is 22.6 Å². The van der Waals surface area contributed by atoms with Crippen LogP contribution in [0.5, 0.6) is 0 Å². The molecule has 1 aromatic carbocycles. The summed E-state index contributed by atoms with van der Waals surface area (Å²) in [4.78, 5) is 11.6. The quantitative estimate of drug-likeness (QED) is 0.526. The number of hydrogen-bond acceptors (Lipinski definition) is 3. The van der Waals surface area contributed by atoms with Gasteiger partial charge in [-0.3, -0.25) is 4.79 Å². The van der Waals surface area contributed by atoms with Gasteiger partial charge in [-0.25, -0.2) is 4.72 Å². The third kappa shape index (κ3) is 3.56. The Bertz CT molecular complexity index is 717. The largest absolute Gasteiger partial charge is 0.431 e. The van der Waals surface area contributed by atoms with Gasteiger partial charge in [-0.15, -0.1) is 0 Å². The molecule has 12 heteroatoms. The number of halogens is 7. The van der Waals surface area contributed by atoms with Gasteiger partial charge in [0.2, 0.25) is 0 Å². The van der Waals surface area contributed by atoms with Crippen LogP contribution in [0.4, 0.5) is 26.3 Å². The number of rotatable bonds is 5. The van der Waals surface area contributed by atoms with Crippen LogP contribution in [0.25, 0.3) is 0 Å². The van der Waals surface area contributed by atoms with E-state index < -0.39 is 45.5 Å². The highest BCUT2D eigenvalue weighted by Gasteiger charge is 2.75. The molecule has 0 atom stereocenters. The predicted molar refractivity (Wildman–Crippen MR) is 76.1 cm³/mol. The van der Waals surface area contributed by atoms with Crippen LogP contribution >= 0.6 is 22.6 Å². The zero-order valence-corrected chi connectivity index (χ0v) is 14.1. The molecule has 0 saturated heterocycles. The number of nitrogens with one attached hydrogen (secondary N) is 1. The fourth-order valence-electron chi connectivity index (χ4n) is 1.31. The van der Waals surface area contributed by atoms with E-state index in [9.17, 15) is 39.6 Å². The van der Waals surface area contributed by atoms with Gasteiger partial charge in [0.05, 0.1) is 5.56 Å². The molecule has 1 aromatic rings. The Morgan fingerprint density at radius 3 is 2.00 bits per heavy atom. The molecule has 0 radical (unpaired) electrons. The first-order chi connectivity index (χ1) is 10.1. The molecule has 0 saturated carbocycles. The first-order valence-electron chi connectivity index (χ1n) is 5.60. The average molecular weight is 475 g/mol. The molecule has 1 N–H and O–H groups in total. The highest BCUT2D eigenvalue weighted by Crippen LogP contribution is 2.47. The van der Waals surface area contributed by atoms with E-state index in [2.05, 4.69) is 0 Å². The molecule has 0 aliphatic heterocycles. The summed E-state index contributed by atoms with van der Waals surface area (Å²) in [6, 6.07) is 5.05. The number of carbonyl (C=O) groups is 1. The number of hydrogen-bond donors (Lipinski definition) is 1. The van der Waals surface area contributed by atoms with Gasteiger partial charge in [0.15, 0.2) is 0 Å². The Kier molecular flexibility index (Phi) is 5.31. The molecule has 0 aromatic heterocycles. The van der Waals surface area contributed by atoms with Gasteiger partial charge < -0.3 is 0 Å². The second kappa shape index (κ2) is 6.11. The van der Waals surface area contributed by atoms with E-state index in [0.717, 1.165) is 6.07 Å². The summed E-state index contributed by atoms with van der Waals surface area (Å²) in [6.45, 7) is -0.557. The molecule has 0 bridgehead atoms. The molecule has 130 valence electrons. The minimum Gasteiger partial charge on any atom is -0.268 e. The molecule has 0 fully saturated rings. The number of sulfonamides is 1. The van der Waals surface area contributed by atoms with E-state index in [4.69, 9.17) is 0 Å². The molecule has 0 aliphatic carbocycles. The minimum absolute atomic E-state index is 0.133.